The van der Waals surface area contributed by atoms with Crippen molar-refractivity contribution in [3.05, 3.63) is 63.8 Å². The number of rotatable bonds is 6. The molecular formula is C27H27ClN8O2. The van der Waals surface area contributed by atoms with Gasteiger partial charge in [-0.2, -0.15) is 5.26 Å². The van der Waals surface area contributed by atoms with Crippen LogP contribution in [0.15, 0.2) is 30.6 Å². The molecular weight excluding hydrogens is 504 g/mol. The second-order valence-corrected chi connectivity index (χ2v) is 11.4. The summed E-state index contributed by atoms with van der Waals surface area (Å²) < 4.78 is 1.59. The van der Waals surface area contributed by atoms with Gasteiger partial charge in [0.15, 0.2) is 11.5 Å². The zero-order chi connectivity index (χ0) is 26.8. The third-order valence-corrected chi connectivity index (χ3v) is 8.40. The number of amides is 2. The minimum Gasteiger partial charge on any atom is -0.348 e. The topological polar surface area (TPSA) is 130 Å². The molecule has 1 aliphatic heterocycles. The maximum Gasteiger partial charge on any atom is 0.273 e. The van der Waals surface area contributed by atoms with Gasteiger partial charge in [-0.3, -0.25) is 19.5 Å². The molecule has 0 radical (unpaired) electrons. The predicted molar refractivity (Wildman–Crippen MR) is 139 cm³/mol. The van der Waals surface area contributed by atoms with Crippen LogP contribution in [0.25, 0.3) is 0 Å². The van der Waals surface area contributed by atoms with E-state index in [-0.39, 0.29) is 40.9 Å². The fourth-order valence-corrected chi connectivity index (χ4v) is 6.03. The first-order valence-electron chi connectivity index (χ1n) is 12.7. The molecule has 1 saturated heterocycles. The maximum absolute atomic E-state index is 12.9. The summed E-state index contributed by atoms with van der Waals surface area (Å²) >= 11 is 6.17. The van der Waals surface area contributed by atoms with Crippen LogP contribution in [-0.2, 0) is 10.2 Å². The summed E-state index contributed by atoms with van der Waals surface area (Å²) in [5, 5.41) is 21.3. The number of aromatic nitrogens is 5. The van der Waals surface area contributed by atoms with Crippen molar-refractivity contribution >= 4 is 29.2 Å². The molecule has 0 spiro atoms. The van der Waals surface area contributed by atoms with Gasteiger partial charge in [0.1, 0.15) is 0 Å². The van der Waals surface area contributed by atoms with Crippen molar-refractivity contribution < 1.29 is 9.59 Å². The van der Waals surface area contributed by atoms with E-state index < -0.39 is 0 Å². The zero-order valence-corrected chi connectivity index (χ0v) is 22.1. The smallest absolute Gasteiger partial charge is 0.273 e. The van der Waals surface area contributed by atoms with Crippen molar-refractivity contribution in [2.45, 2.75) is 57.5 Å². The molecule has 6 rings (SSSR count). The van der Waals surface area contributed by atoms with Gasteiger partial charge in [-0.05, 0) is 68.2 Å². The average molecular weight is 531 g/mol. The summed E-state index contributed by atoms with van der Waals surface area (Å²) in [5.74, 6) is 1.08. The predicted octanol–water partition coefficient (Wildman–Crippen LogP) is 3.34. The molecule has 2 aromatic heterocycles. The molecule has 3 heterocycles. The molecule has 3 aliphatic rings. The lowest BCUT2D eigenvalue weighted by atomic mass is 9.62. The third kappa shape index (κ3) is 4.11. The van der Waals surface area contributed by atoms with E-state index in [1.807, 2.05) is 19.9 Å². The summed E-state index contributed by atoms with van der Waals surface area (Å²) in [5.41, 5.74) is 2.86. The second-order valence-electron chi connectivity index (χ2n) is 11.0. The van der Waals surface area contributed by atoms with Crippen LogP contribution in [0.3, 0.4) is 0 Å². The Morgan fingerprint density at radius 2 is 2.13 bits per heavy atom. The minimum absolute atomic E-state index is 0.0407. The van der Waals surface area contributed by atoms with Gasteiger partial charge >= 0.3 is 0 Å². The van der Waals surface area contributed by atoms with Gasteiger partial charge in [-0.25, -0.2) is 9.67 Å². The zero-order valence-electron chi connectivity index (χ0n) is 21.3. The number of nitrogens with zero attached hydrogens (tertiary/aromatic N) is 7. The van der Waals surface area contributed by atoms with Crippen LogP contribution in [0.2, 0.25) is 5.02 Å². The van der Waals surface area contributed by atoms with E-state index in [1.54, 1.807) is 34.1 Å². The highest BCUT2D eigenvalue weighted by Gasteiger charge is 2.53. The fraction of sp³-hybridized carbons (Fsp3) is 0.444. The van der Waals surface area contributed by atoms with E-state index in [1.165, 1.54) is 0 Å². The molecule has 1 N–H and O–H groups in total. The molecule has 2 saturated carbocycles. The first-order valence-corrected chi connectivity index (χ1v) is 13.1. The van der Waals surface area contributed by atoms with E-state index in [4.69, 9.17) is 11.6 Å². The number of carbonyl (C=O) groups is 2. The number of hydrogen-bond acceptors (Lipinski definition) is 7. The van der Waals surface area contributed by atoms with Crippen LogP contribution in [0, 0.1) is 30.1 Å². The summed E-state index contributed by atoms with van der Waals surface area (Å²) in [6, 6.07) is 7.19. The molecule has 11 heteroatoms. The van der Waals surface area contributed by atoms with E-state index in [2.05, 4.69) is 38.6 Å². The third-order valence-electron chi connectivity index (χ3n) is 8.17. The number of benzene rings is 1. The van der Waals surface area contributed by atoms with Crippen molar-refractivity contribution in [2.75, 3.05) is 11.4 Å². The Morgan fingerprint density at radius 1 is 1.34 bits per heavy atom. The van der Waals surface area contributed by atoms with Crippen LogP contribution in [-0.4, -0.2) is 49.4 Å². The highest BCUT2D eigenvalue weighted by Crippen LogP contribution is 2.47. The Labute approximate surface area is 225 Å². The highest BCUT2D eigenvalue weighted by atomic mass is 35.5. The summed E-state index contributed by atoms with van der Waals surface area (Å²) in [7, 11) is 0. The number of piperidine rings is 1. The molecule has 194 valence electrons. The molecule has 38 heavy (non-hydrogen) atoms. The van der Waals surface area contributed by atoms with Crippen molar-refractivity contribution in [3.63, 3.8) is 0 Å². The molecule has 3 aromatic rings. The molecule has 2 aliphatic carbocycles. The van der Waals surface area contributed by atoms with Crippen LogP contribution in [0.5, 0.6) is 0 Å². The standard InChI is InChI=1S/C27H27ClN8O2/c1-14-24(35-12-17-6-20(17)26(35)38)30-11-22(31-14)15(2)36-13-23(33-34-36)25(37)32-19-8-27(3,9-19)21-7-18(28)5-4-16(21)10-29/h4-5,7,11,13,15,17,19-20H,6,8-9,12H2,1-3H3,(H,32,37)/t15?,17-,19?,20-,27?/m1/s1. The van der Waals surface area contributed by atoms with E-state index in [0.717, 1.165) is 12.0 Å². The SMILES string of the molecule is Cc1nc(C(C)n2cc(C(=O)NC3CC(C)(c4cc(Cl)ccc4C#N)C3)nn2)cnc1N1C[C@H]2C[C@H]2C1=O. The molecule has 2 amide bonds. The van der Waals surface area contributed by atoms with Gasteiger partial charge in [-0.15, -0.1) is 5.10 Å². The number of fused-ring (bicyclic) bond motifs is 1. The van der Waals surface area contributed by atoms with Crippen LogP contribution < -0.4 is 10.2 Å². The quantitative estimate of drug-likeness (QED) is 0.517. The lowest BCUT2D eigenvalue weighted by Crippen LogP contribution is -2.52. The Morgan fingerprint density at radius 3 is 2.82 bits per heavy atom. The molecule has 0 bridgehead atoms. The van der Waals surface area contributed by atoms with Gasteiger partial charge in [0, 0.05) is 23.5 Å². The number of nitrogens with one attached hydrogen (secondary N) is 1. The second kappa shape index (κ2) is 8.88. The van der Waals surface area contributed by atoms with Gasteiger partial charge < -0.3 is 5.32 Å². The Kier molecular flexibility index (Phi) is 5.72. The summed E-state index contributed by atoms with van der Waals surface area (Å²) in [6.07, 6.45) is 5.64. The summed E-state index contributed by atoms with van der Waals surface area (Å²) in [6.45, 7) is 6.56. The number of hydrogen-bond donors (Lipinski definition) is 1. The van der Waals surface area contributed by atoms with E-state index in [0.29, 0.717) is 53.1 Å². The van der Waals surface area contributed by atoms with Gasteiger partial charge in [0.05, 0.1) is 41.5 Å². The molecule has 3 atom stereocenters. The molecule has 1 unspecified atom stereocenters. The first kappa shape index (κ1) is 24.5. The van der Waals surface area contributed by atoms with Crippen LogP contribution >= 0.6 is 11.6 Å². The largest absolute Gasteiger partial charge is 0.348 e. The Balaban J connectivity index is 1.10. The number of nitriles is 1. The lowest BCUT2D eigenvalue weighted by Gasteiger charge is -2.46. The fourth-order valence-electron chi connectivity index (χ4n) is 5.85. The first-order chi connectivity index (χ1) is 18.2. The van der Waals surface area contributed by atoms with Gasteiger partial charge in [-0.1, -0.05) is 23.7 Å². The van der Waals surface area contributed by atoms with Gasteiger partial charge in [0.25, 0.3) is 5.91 Å². The van der Waals surface area contributed by atoms with Crippen molar-refractivity contribution in [1.29, 1.82) is 5.26 Å². The molecule has 1 aromatic carbocycles. The highest BCUT2D eigenvalue weighted by molar-refractivity contribution is 6.30. The van der Waals surface area contributed by atoms with Crippen molar-refractivity contribution in [2.24, 2.45) is 11.8 Å². The van der Waals surface area contributed by atoms with Crippen LogP contribution in [0.1, 0.15) is 72.2 Å². The monoisotopic (exact) mass is 530 g/mol. The number of aryl methyl sites for hydroxylation is 1. The van der Waals surface area contributed by atoms with E-state index >= 15 is 0 Å². The number of anilines is 1. The lowest BCUT2D eigenvalue weighted by molar-refractivity contribution is -0.118. The molecule has 10 nitrogen and oxygen atoms in total. The normalized spacial score (nSPS) is 26.3. The minimum atomic E-state index is -0.300. The number of halogens is 1. The average Bonchev–Trinajstić information content (AvgIpc) is 3.34. The van der Waals surface area contributed by atoms with Crippen molar-refractivity contribution in [3.8, 4) is 6.07 Å². The van der Waals surface area contributed by atoms with E-state index in [9.17, 15) is 14.9 Å². The van der Waals surface area contributed by atoms with Crippen LogP contribution in [0.4, 0.5) is 5.82 Å². The Hall–Kier alpha value is -3.84. The van der Waals surface area contributed by atoms with Crippen molar-refractivity contribution in [1.82, 2.24) is 30.3 Å². The summed E-state index contributed by atoms with van der Waals surface area (Å²) in [4.78, 5) is 36.3. The maximum atomic E-state index is 12.9. The molecule has 3 fully saturated rings. The van der Waals surface area contributed by atoms with Gasteiger partial charge in [0.2, 0.25) is 5.91 Å². The Bertz CT molecular complexity index is 1500. The number of carbonyl (C=O) groups excluding carboxylic acids is 2.